The molecule has 5 nitrogen and oxygen atoms in total. The van der Waals surface area contributed by atoms with E-state index in [1.165, 1.54) is 50.3 Å². The van der Waals surface area contributed by atoms with Crippen LogP contribution in [0.5, 0.6) is 11.5 Å². The topological polar surface area (TPSA) is 33.5 Å². The minimum atomic E-state index is -0.204. The average Bonchev–Trinajstić information content (AvgIpc) is 3.95. The zero-order valence-corrected chi connectivity index (χ0v) is 45.3. The number of fused-ring (bicyclic) bond motifs is 3. The third kappa shape index (κ3) is 9.35. The van der Waals surface area contributed by atoms with Gasteiger partial charge in [-0.05, 0) is 105 Å². The van der Waals surface area contributed by atoms with E-state index < -0.39 is 0 Å². The lowest BCUT2D eigenvalue weighted by molar-refractivity contribution is 0.444. The van der Waals surface area contributed by atoms with Crippen LogP contribution in [0.2, 0.25) is 0 Å². The Hall–Kier alpha value is -7.37. The maximum atomic E-state index is 7.18. The molecule has 0 aliphatic carbocycles. The van der Waals surface area contributed by atoms with Crippen molar-refractivity contribution in [1.29, 1.82) is 0 Å². The molecule has 5 heteroatoms. The van der Waals surface area contributed by atoms with E-state index in [0.717, 1.165) is 50.6 Å². The molecule has 370 valence electrons. The minimum absolute atomic E-state index is 0.0511. The number of hydrogen-bond donors (Lipinski definition) is 0. The number of hydrogen-bond acceptors (Lipinski definition) is 4. The second-order valence-electron chi connectivity index (χ2n) is 24.3. The fraction of sp³-hybridized carbons (Fsp3) is 0.279. The van der Waals surface area contributed by atoms with Gasteiger partial charge < -0.3 is 14.5 Å². The predicted molar refractivity (Wildman–Crippen MR) is 309 cm³/mol. The van der Waals surface area contributed by atoms with Crippen molar-refractivity contribution >= 4 is 33.2 Å². The van der Waals surface area contributed by atoms with Crippen molar-refractivity contribution in [3.63, 3.8) is 0 Å². The first kappa shape index (κ1) is 49.2. The van der Waals surface area contributed by atoms with Gasteiger partial charge in [0.05, 0.1) is 17.7 Å². The molecule has 0 saturated heterocycles. The summed E-state index contributed by atoms with van der Waals surface area (Å²) in [5.41, 5.74) is 14.8. The molecule has 73 heavy (non-hydrogen) atoms. The van der Waals surface area contributed by atoms with Crippen LogP contribution >= 0.6 is 0 Å². The normalized spacial score (nSPS) is 13.9. The quantitative estimate of drug-likeness (QED) is 0.137. The molecule has 0 bridgehead atoms. The monoisotopic (exact) mass is 961 g/mol. The molecule has 2 aromatic heterocycles. The maximum Gasteiger partial charge on any atom is 0.137 e. The zero-order chi connectivity index (χ0) is 51.7. The largest absolute Gasteiger partial charge is 0.457 e. The van der Waals surface area contributed by atoms with Crippen LogP contribution in [0.4, 0.5) is 11.4 Å². The molecule has 0 atom stereocenters. The molecule has 1 aliphatic rings. The van der Waals surface area contributed by atoms with E-state index >= 15 is 0 Å². The van der Waals surface area contributed by atoms with E-state index in [0.29, 0.717) is 6.67 Å². The number of pyridine rings is 1. The third-order valence-electron chi connectivity index (χ3n) is 15.2. The standard InChI is InChI=1S/C68H72N4O/c1-64(2,3)50-36-37-69-61(42-50)72-59-35-32-52(68(12,13)49-28-21-16-22-29-49)41-58(59)57-34-33-55(44-60(57)72)73-56-39-47(46-24-17-14-18-25-46)38-54(43-56)71-45-70(62(65(4,5)6)63(71)66(7,8)9)53-31-23-30-51(40-53)67(10,11)48-26-19-15-20-27-48/h14-44H,45H2,1-13H3. The second kappa shape index (κ2) is 18.3. The van der Waals surface area contributed by atoms with E-state index in [9.17, 15) is 0 Å². The third-order valence-corrected chi connectivity index (χ3v) is 15.2. The molecule has 9 aromatic rings. The van der Waals surface area contributed by atoms with Gasteiger partial charge in [0.2, 0.25) is 0 Å². The summed E-state index contributed by atoms with van der Waals surface area (Å²) in [6.45, 7) is 30.8. The highest BCUT2D eigenvalue weighted by Crippen LogP contribution is 2.50. The molecule has 10 rings (SSSR count). The number of aromatic nitrogens is 2. The van der Waals surface area contributed by atoms with Crippen LogP contribution in [-0.4, -0.2) is 16.2 Å². The van der Waals surface area contributed by atoms with Crippen molar-refractivity contribution in [3.8, 4) is 28.4 Å². The van der Waals surface area contributed by atoms with Crippen molar-refractivity contribution in [3.05, 3.63) is 227 Å². The molecule has 0 N–H and O–H groups in total. The van der Waals surface area contributed by atoms with Crippen LogP contribution in [0.15, 0.2) is 200 Å². The van der Waals surface area contributed by atoms with Gasteiger partial charge in [-0.1, -0.05) is 199 Å². The molecule has 0 unspecified atom stereocenters. The molecule has 0 fully saturated rings. The van der Waals surface area contributed by atoms with Gasteiger partial charge in [-0.25, -0.2) is 4.98 Å². The van der Waals surface area contributed by atoms with Crippen LogP contribution in [-0.2, 0) is 16.2 Å². The summed E-state index contributed by atoms with van der Waals surface area (Å²) in [6, 6.07) is 66.3. The van der Waals surface area contributed by atoms with Crippen LogP contribution in [0.3, 0.4) is 0 Å². The van der Waals surface area contributed by atoms with Crippen molar-refractivity contribution in [1.82, 2.24) is 9.55 Å². The van der Waals surface area contributed by atoms with Gasteiger partial charge in [0.15, 0.2) is 0 Å². The van der Waals surface area contributed by atoms with E-state index in [2.05, 4.69) is 286 Å². The molecule has 7 aromatic carbocycles. The number of nitrogens with zero attached hydrogens (tertiary/aromatic N) is 4. The van der Waals surface area contributed by atoms with Gasteiger partial charge >= 0.3 is 0 Å². The highest BCUT2D eigenvalue weighted by molar-refractivity contribution is 6.10. The highest BCUT2D eigenvalue weighted by Gasteiger charge is 2.42. The van der Waals surface area contributed by atoms with E-state index in [1.54, 1.807) is 0 Å². The van der Waals surface area contributed by atoms with Crippen molar-refractivity contribution in [2.24, 2.45) is 10.8 Å². The fourth-order valence-corrected chi connectivity index (χ4v) is 11.0. The molecular weight excluding hydrogens is 889 g/mol. The maximum absolute atomic E-state index is 7.18. The van der Waals surface area contributed by atoms with Gasteiger partial charge in [-0.15, -0.1) is 0 Å². The first-order valence-electron chi connectivity index (χ1n) is 26.0. The summed E-state index contributed by atoms with van der Waals surface area (Å²) in [4.78, 5) is 10.1. The molecular formula is C68H72N4O. The Labute approximate surface area is 434 Å². The van der Waals surface area contributed by atoms with Crippen LogP contribution in [0.1, 0.15) is 118 Å². The highest BCUT2D eigenvalue weighted by atomic mass is 16.5. The Kier molecular flexibility index (Phi) is 12.3. The van der Waals surface area contributed by atoms with Gasteiger partial charge in [0.1, 0.15) is 17.3 Å². The molecule has 1 aliphatic heterocycles. The van der Waals surface area contributed by atoms with Crippen LogP contribution < -0.4 is 14.5 Å². The Morgan fingerprint density at radius 1 is 0.384 bits per heavy atom. The zero-order valence-electron chi connectivity index (χ0n) is 45.3. The lowest BCUT2D eigenvalue weighted by Crippen LogP contribution is -2.31. The number of anilines is 2. The summed E-state index contributed by atoms with van der Waals surface area (Å²) in [7, 11) is 0. The summed E-state index contributed by atoms with van der Waals surface area (Å²) >= 11 is 0. The van der Waals surface area contributed by atoms with Crippen LogP contribution in [0.25, 0.3) is 38.8 Å². The molecule has 3 heterocycles. The average molecular weight is 961 g/mol. The van der Waals surface area contributed by atoms with Gasteiger partial charge in [-0.3, -0.25) is 4.57 Å². The first-order chi connectivity index (χ1) is 34.6. The minimum Gasteiger partial charge on any atom is -0.457 e. The Morgan fingerprint density at radius 2 is 0.959 bits per heavy atom. The van der Waals surface area contributed by atoms with Crippen molar-refractivity contribution in [2.45, 2.75) is 106 Å². The Balaban J connectivity index is 1.11. The lowest BCUT2D eigenvalue weighted by atomic mass is 9.78. The number of allylic oxidation sites excluding steroid dienone is 2. The second-order valence-corrected chi connectivity index (χ2v) is 24.3. The van der Waals surface area contributed by atoms with E-state index in [1.807, 2.05) is 6.20 Å². The van der Waals surface area contributed by atoms with Gasteiger partial charge in [-0.2, -0.15) is 0 Å². The van der Waals surface area contributed by atoms with Crippen molar-refractivity contribution in [2.75, 3.05) is 16.5 Å². The molecule has 0 spiro atoms. The van der Waals surface area contributed by atoms with Gasteiger partial charge in [0.25, 0.3) is 0 Å². The SMILES string of the molecule is CC(C)(C)C1=C(C(C)(C)C)N(c2cccc(C(C)(C)c3ccccc3)c2)CN1c1cc(Oc2ccc3c4cc(C(C)(C)c5ccccc5)ccc4n(-c4cc(C(C)(C)C)ccn4)c3c2)cc(-c2ccccc2)c1. The Morgan fingerprint density at radius 3 is 1.56 bits per heavy atom. The molecule has 0 amide bonds. The Bertz CT molecular complexity index is 3510. The van der Waals surface area contributed by atoms with Crippen molar-refractivity contribution < 1.29 is 4.74 Å². The lowest BCUT2D eigenvalue weighted by Gasteiger charge is -2.34. The summed E-state index contributed by atoms with van der Waals surface area (Å²) in [5.74, 6) is 2.41. The summed E-state index contributed by atoms with van der Waals surface area (Å²) < 4.78 is 9.50. The summed E-state index contributed by atoms with van der Waals surface area (Å²) in [5, 5.41) is 2.33. The fourth-order valence-electron chi connectivity index (χ4n) is 11.0. The number of ether oxygens (including phenoxy) is 1. The molecule has 0 radical (unpaired) electrons. The molecule has 0 saturated carbocycles. The first-order valence-corrected chi connectivity index (χ1v) is 26.0. The smallest absolute Gasteiger partial charge is 0.137 e. The van der Waals surface area contributed by atoms with E-state index in [-0.39, 0.29) is 27.1 Å². The predicted octanol–water partition coefficient (Wildman–Crippen LogP) is 18.2. The van der Waals surface area contributed by atoms with E-state index in [4.69, 9.17) is 9.72 Å². The number of rotatable bonds is 10. The number of benzene rings is 7. The summed E-state index contributed by atoms with van der Waals surface area (Å²) in [6.07, 6.45) is 1.95. The van der Waals surface area contributed by atoms with Gasteiger partial charge in [0, 0.05) is 73.5 Å². The van der Waals surface area contributed by atoms with Crippen LogP contribution in [0, 0.1) is 10.8 Å².